The third-order valence-corrected chi connectivity index (χ3v) is 6.67. The van der Waals surface area contributed by atoms with Crippen molar-refractivity contribution in [3.8, 4) is 11.5 Å². The van der Waals surface area contributed by atoms with E-state index in [0.29, 0.717) is 45.8 Å². The molecule has 0 aliphatic rings. The number of aromatic nitrogens is 2. The van der Waals surface area contributed by atoms with Gasteiger partial charge in [0.1, 0.15) is 12.4 Å². The van der Waals surface area contributed by atoms with Gasteiger partial charge in [-0.05, 0) is 42.3 Å². The van der Waals surface area contributed by atoms with Crippen LogP contribution in [0.15, 0.2) is 73.4 Å². The van der Waals surface area contributed by atoms with Crippen molar-refractivity contribution in [2.24, 2.45) is 5.10 Å². The van der Waals surface area contributed by atoms with Crippen LogP contribution >= 0.6 is 31.9 Å². The van der Waals surface area contributed by atoms with Crippen LogP contribution in [0.3, 0.4) is 0 Å². The first-order valence-corrected chi connectivity index (χ1v) is 13.4. The molecule has 0 spiro atoms. The van der Waals surface area contributed by atoms with Gasteiger partial charge in [-0.15, -0.1) is 0 Å². The largest absolute Gasteiger partial charge is 0.493 e. The number of ether oxygens (including phenoxy) is 2. The quantitative estimate of drug-likeness (QED) is 0.109. The van der Waals surface area contributed by atoms with Crippen molar-refractivity contribution in [3.05, 3.63) is 101 Å². The van der Waals surface area contributed by atoms with E-state index >= 15 is 0 Å². The lowest BCUT2D eigenvalue weighted by atomic mass is 10.2. The SMILES string of the molecule is CCCCc1nc2ccc(Br)cc2c(=O)n1N=Cc1cc(Br)cc(OC)c1OCc1cccc([N+](=O)[O-])c1. The standard InChI is InChI=1S/C27H24Br2N4O5/c1-3-4-8-25-31-23-10-9-19(28)13-22(23)27(34)32(25)30-15-18-12-20(29)14-24(37-2)26(18)38-16-17-6-5-7-21(11-17)33(35)36/h5-7,9-15H,3-4,8,16H2,1-2H3. The van der Waals surface area contributed by atoms with Crippen molar-refractivity contribution in [2.75, 3.05) is 7.11 Å². The molecule has 3 aromatic carbocycles. The Hall–Kier alpha value is -3.57. The van der Waals surface area contributed by atoms with Gasteiger partial charge in [-0.3, -0.25) is 14.9 Å². The van der Waals surface area contributed by atoms with E-state index in [1.54, 1.807) is 30.3 Å². The van der Waals surface area contributed by atoms with Crippen LogP contribution in [0, 0.1) is 10.1 Å². The van der Waals surface area contributed by atoms with E-state index in [4.69, 9.17) is 14.5 Å². The number of rotatable bonds is 10. The van der Waals surface area contributed by atoms with Crippen molar-refractivity contribution in [1.29, 1.82) is 0 Å². The molecule has 0 fully saturated rings. The Morgan fingerprint density at radius 1 is 1.13 bits per heavy atom. The zero-order valence-electron chi connectivity index (χ0n) is 20.7. The van der Waals surface area contributed by atoms with Crippen molar-refractivity contribution in [3.63, 3.8) is 0 Å². The maximum atomic E-state index is 13.4. The Labute approximate surface area is 235 Å². The van der Waals surface area contributed by atoms with Gasteiger partial charge in [0, 0.05) is 33.1 Å². The Morgan fingerprint density at radius 2 is 1.95 bits per heavy atom. The zero-order valence-corrected chi connectivity index (χ0v) is 23.9. The molecule has 196 valence electrons. The zero-order chi connectivity index (χ0) is 27.2. The third kappa shape index (κ3) is 6.28. The Morgan fingerprint density at radius 3 is 2.68 bits per heavy atom. The van der Waals surface area contributed by atoms with E-state index in [1.165, 1.54) is 30.1 Å². The molecule has 9 nitrogen and oxygen atoms in total. The van der Waals surface area contributed by atoms with Crippen LogP contribution in [0.1, 0.15) is 36.7 Å². The molecule has 0 bridgehead atoms. The fourth-order valence-electron chi connectivity index (χ4n) is 3.84. The van der Waals surface area contributed by atoms with Crippen molar-refractivity contribution in [2.45, 2.75) is 32.8 Å². The topological polar surface area (TPSA) is 109 Å². The first-order valence-electron chi connectivity index (χ1n) is 11.8. The Bertz CT molecular complexity index is 1590. The minimum absolute atomic E-state index is 0.0231. The summed E-state index contributed by atoms with van der Waals surface area (Å²) < 4.78 is 14.4. The molecule has 1 heterocycles. The highest BCUT2D eigenvalue weighted by Gasteiger charge is 2.15. The van der Waals surface area contributed by atoms with E-state index in [1.807, 2.05) is 12.1 Å². The summed E-state index contributed by atoms with van der Waals surface area (Å²) in [5.41, 5.74) is 1.48. The number of benzene rings is 3. The number of non-ortho nitro benzene ring substituents is 1. The van der Waals surface area contributed by atoms with E-state index in [-0.39, 0.29) is 17.9 Å². The molecule has 38 heavy (non-hydrogen) atoms. The van der Waals surface area contributed by atoms with Crippen molar-refractivity contribution in [1.82, 2.24) is 9.66 Å². The summed E-state index contributed by atoms with van der Waals surface area (Å²) in [6, 6.07) is 15.1. The predicted octanol–water partition coefficient (Wildman–Crippen LogP) is 6.64. The number of halogens is 2. The van der Waals surface area contributed by atoms with Gasteiger partial charge in [0.05, 0.1) is 29.2 Å². The van der Waals surface area contributed by atoms with Crippen LogP contribution in [0.4, 0.5) is 5.69 Å². The number of aryl methyl sites for hydroxylation is 1. The lowest BCUT2D eigenvalue weighted by molar-refractivity contribution is -0.384. The van der Waals surface area contributed by atoms with E-state index in [9.17, 15) is 14.9 Å². The van der Waals surface area contributed by atoms with Gasteiger partial charge in [0.15, 0.2) is 11.5 Å². The summed E-state index contributed by atoms with van der Waals surface area (Å²) in [5.74, 6) is 1.37. The lowest BCUT2D eigenvalue weighted by Crippen LogP contribution is -2.22. The molecule has 11 heteroatoms. The normalized spacial score (nSPS) is 11.3. The number of methoxy groups -OCH3 is 1. The maximum absolute atomic E-state index is 13.4. The molecular weight excluding hydrogens is 620 g/mol. The van der Waals surface area contributed by atoms with E-state index in [0.717, 1.165) is 21.8 Å². The summed E-state index contributed by atoms with van der Waals surface area (Å²) in [7, 11) is 1.52. The maximum Gasteiger partial charge on any atom is 0.282 e. The second-order valence-corrected chi connectivity index (χ2v) is 10.2. The fourth-order valence-corrected chi connectivity index (χ4v) is 4.65. The average Bonchev–Trinajstić information content (AvgIpc) is 2.91. The molecule has 0 N–H and O–H groups in total. The number of nitro groups is 1. The summed E-state index contributed by atoms with van der Waals surface area (Å²) >= 11 is 6.90. The van der Waals surface area contributed by atoms with Crippen molar-refractivity contribution < 1.29 is 14.4 Å². The molecule has 0 saturated heterocycles. The average molecular weight is 644 g/mol. The molecular formula is C27H24Br2N4O5. The summed E-state index contributed by atoms with van der Waals surface area (Å²) in [6.45, 7) is 2.14. The van der Waals surface area contributed by atoms with Crippen LogP contribution in [0.5, 0.6) is 11.5 Å². The molecule has 0 unspecified atom stereocenters. The highest BCUT2D eigenvalue weighted by Crippen LogP contribution is 2.35. The Balaban J connectivity index is 1.76. The lowest BCUT2D eigenvalue weighted by Gasteiger charge is -2.14. The van der Waals surface area contributed by atoms with Crippen LogP contribution in [-0.2, 0) is 13.0 Å². The predicted molar refractivity (Wildman–Crippen MR) is 153 cm³/mol. The number of nitro benzene ring substituents is 1. The van der Waals surface area contributed by atoms with Gasteiger partial charge in [-0.1, -0.05) is 57.3 Å². The summed E-state index contributed by atoms with van der Waals surface area (Å²) in [5, 5.41) is 16.1. The number of fused-ring (bicyclic) bond motifs is 1. The third-order valence-electron chi connectivity index (χ3n) is 5.71. The minimum atomic E-state index is -0.453. The van der Waals surface area contributed by atoms with Gasteiger partial charge in [-0.25, -0.2) is 4.98 Å². The summed E-state index contributed by atoms with van der Waals surface area (Å²) in [4.78, 5) is 28.8. The molecule has 0 amide bonds. The highest BCUT2D eigenvalue weighted by molar-refractivity contribution is 9.10. The van der Waals surface area contributed by atoms with Crippen LogP contribution < -0.4 is 15.0 Å². The molecule has 0 aliphatic carbocycles. The first-order chi connectivity index (χ1) is 18.3. The smallest absolute Gasteiger partial charge is 0.282 e. The van der Waals surface area contributed by atoms with Crippen LogP contribution in [0.2, 0.25) is 0 Å². The number of nitrogens with zero attached hydrogens (tertiary/aromatic N) is 4. The summed E-state index contributed by atoms with van der Waals surface area (Å²) in [6.07, 6.45) is 3.91. The van der Waals surface area contributed by atoms with Crippen LogP contribution in [0.25, 0.3) is 10.9 Å². The molecule has 4 rings (SSSR count). The Kier molecular flexibility index (Phi) is 8.90. The monoisotopic (exact) mass is 642 g/mol. The molecule has 1 aromatic heterocycles. The molecule has 0 saturated carbocycles. The minimum Gasteiger partial charge on any atom is -0.493 e. The van der Waals surface area contributed by atoms with Crippen molar-refractivity contribution >= 4 is 54.7 Å². The van der Waals surface area contributed by atoms with E-state index < -0.39 is 4.92 Å². The molecule has 0 aliphatic heterocycles. The van der Waals surface area contributed by atoms with E-state index in [2.05, 4.69) is 43.9 Å². The molecule has 4 aromatic rings. The van der Waals surface area contributed by atoms with Gasteiger partial charge in [0.2, 0.25) is 0 Å². The van der Waals surface area contributed by atoms with Gasteiger partial charge >= 0.3 is 0 Å². The first kappa shape index (κ1) is 27.5. The van der Waals surface area contributed by atoms with Crippen LogP contribution in [-0.4, -0.2) is 27.9 Å². The number of unbranched alkanes of at least 4 members (excludes halogenated alkanes) is 1. The number of hydrogen-bond donors (Lipinski definition) is 0. The molecule has 0 radical (unpaired) electrons. The second kappa shape index (κ2) is 12.3. The fraction of sp³-hybridized carbons (Fsp3) is 0.222. The molecule has 0 atom stereocenters. The highest BCUT2D eigenvalue weighted by atomic mass is 79.9. The van der Waals surface area contributed by atoms with Gasteiger partial charge < -0.3 is 9.47 Å². The van der Waals surface area contributed by atoms with Gasteiger partial charge in [0.25, 0.3) is 11.2 Å². The van der Waals surface area contributed by atoms with Gasteiger partial charge in [-0.2, -0.15) is 9.78 Å². The second-order valence-electron chi connectivity index (χ2n) is 8.40. The number of hydrogen-bond acceptors (Lipinski definition) is 7.